The first-order chi connectivity index (χ1) is 13.1. The number of carbonyl (C=O) groups is 1. The normalized spacial score (nSPS) is 19.3. The molecule has 0 aliphatic carbocycles. The molecule has 3 atom stereocenters. The van der Waals surface area contributed by atoms with E-state index in [1.165, 1.54) is 23.5 Å². The average molecular weight is 383 g/mol. The van der Waals surface area contributed by atoms with Crippen LogP contribution in [0.5, 0.6) is 11.5 Å². The van der Waals surface area contributed by atoms with Gasteiger partial charge >= 0.3 is 0 Å². The lowest BCUT2D eigenvalue weighted by Gasteiger charge is -2.32. The second-order valence-electron chi connectivity index (χ2n) is 6.32. The van der Waals surface area contributed by atoms with E-state index >= 15 is 0 Å². The van der Waals surface area contributed by atoms with Crippen molar-refractivity contribution >= 4 is 17.2 Å². The molecule has 2 heterocycles. The largest absolute Gasteiger partial charge is 0.482 e. The lowest BCUT2D eigenvalue weighted by Crippen LogP contribution is -2.49. The Balaban J connectivity index is 1.58. The molecule has 0 radical (unpaired) electrons. The van der Waals surface area contributed by atoms with Gasteiger partial charge in [-0.1, -0.05) is 30.3 Å². The number of ether oxygens (including phenoxy) is 2. The molecule has 1 aliphatic rings. The van der Waals surface area contributed by atoms with Crippen LogP contribution in [-0.2, 0) is 4.79 Å². The molecule has 138 valence electrons. The number of carbonyl (C=O) groups excluding carboxylic acids is 1. The molecule has 0 spiro atoms. The molecule has 4 nitrogen and oxygen atoms in total. The number of halogens is 1. The Morgan fingerprint density at radius 3 is 2.41 bits per heavy atom. The summed E-state index contributed by atoms with van der Waals surface area (Å²) in [5, 5.41) is 4.97. The summed E-state index contributed by atoms with van der Waals surface area (Å²) in [5.74, 6) is 0.580. The summed E-state index contributed by atoms with van der Waals surface area (Å²) < 4.78 is 25.0. The zero-order valence-corrected chi connectivity index (χ0v) is 15.4. The molecule has 1 N–H and O–H groups in total. The van der Waals surface area contributed by atoms with E-state index in [0.717, 1.165) is 10.4 Å². The van der Waals surface area contributed by atoms with Crippen LogP contribution in [0.2, 0.25) is 0 Å². The van der Waals surface area contributed by atoms with Crippen molar-refractivity contribution in [3.63, 3.8) is 0 Å². The van der Waals surface area contributed by atoms with Crippen LogP contribution in [-0.4, -0.2) is 18.1 Å². The smallest absolute Gasteiger partial charge is 0.265 e. The molecule has 4 rings (SSSR count). The average Bonchev–Trinajstić information content (AvgIpc) is 3.20. The first-order valence-electron chi connectivity index (χ1n) is 8.63. The number of para-hydroxylation sites is 2. The molecular formula is C21H18FNO3S. The number of hydrogen-bond acceptors (Lipinski definition) is 4. The van der Waals surface area contributed by atoms with Crippen molar-refractivity contribution in [1.82, 2.24) is 5.32 Å². The van der Waals surface area contributed by atoms with E-state index < -0.39 is 12.2 Å². The Morgan fingerprint density at radius 2 is 1.74 bits per heavy atom. The minimum Gasteiger partial charge on any atom is -0.482 e. The van der Waals surface area contributed by atoms with Crippen LogP contribution in [0, 0.1) is 5.82 Å². The van der Waals surface area contributed by atoms with E-state index in [1.54, 1.807) is 25.1 Å². The van der Waals surface area contributed by atoms with Gasteiger partial charge in [0.15, 0.2) is 11.5 Å². The molecule has 27 heavy (non-hydrogen) atoms. The maximum Gasteiger partial charge on any atom is 0.265 e. The lowest BCUT2D eigenvalue weighted by molar-refractivity contribution is -0.133. The maximum atomic E-state index is 13.3. The first-order valence-corrected chi connectivity index (χ1v) is 9.51. The summed E-state index contributed by atoms with van der Waals surface area (Å²) in [6.07, 6.45) is -1.21. The van der Waals surface area contributed by atoms with Crippen molar-refractivity contribution in [2.45, 2.75) is 25.2 Å². The summed E-state index contributed by atoms with van der Waals surface area (Å²) >= 11 is 1.53. The monoisotopic (exact) mass is 383 g/mol. The topological polar surface area (TPSA) is 47.6 Å². The number of hydrogen-bond donors (Lipinski definition) is 1. The quantitative estimate of drug-likeness (QED) is 0.730. The van der Waals surface area contributed by atoms with Crippen molar-refractivity contribution in [2.75, 3.05) is 0 Å². The molecule has 0 saturated carbocycles. The fourth-order valence-electron chi connectivity index (χ4n) is 3.06. The highest BCUT2D eigenvalue weighted by atomic mass is 32.1. The highest BCUT2D eigenvalue weighted by Crippen LogP contribution is 2.34. The lowest BCUT2D eigenvalue weighted by atomic mass is 10.0. The summed E-state index contributed by atoms with van der Waals surface area (Å²) in [7, 11) is 0. The van der Waals surface area contributed by atoms with Crippen molar-refractivity contribution in [2.24, 2.45) is 0 Å². The third kappa shape index (κ3) is 3.66. The summed E-state index contributed by atoms with van der Waals surface area (Å²) in [4.78, 5) is 13.9. The number of benzene rings is 2. The van der Waals surface area contributed by atoms with Crippen LogP contribution in [0.25, 0.3) is 0 Å². The van der Waals surface area contributed by atoms with Crippen molar-refractivity contribution in [3.8, 4) is 11.5 Å². The molecule has 3 aromatic rings. The third-order valence-electron chi connectivity index (χ3n) is 4.42. The second-order valence-corrected chi connectivity index (χ2v) is 7.30. The molecule has 0 bridgehead atoms. The standard InChI is InChI=1S/C21H18FNO3S/c1-13-20(26-17-6-3-2-5-16(17)25-13)21(24)23-19(18-7-4-12-27-18)14-8-10-15(22)11-9-14/h2-13,19-20H,1H3,(H,23,24). The highest BCUT2D eigenvalue weighted by molar-refractivity contribution is 7.10. The van der Waals surface area contributed by atoms with Gasteiger partial charge in [-0.2, -0.15) is 0 Å². The van der Waals surface area contributed by atoms with Gasteiger partial charge in [0.2, 0.25) is 6.10 Å². The van der Waals surface area contributed by atoms with Crippen LogP contribution in [0.3, 0.4) is 0 Å². The number of amides is 1. The van der Waals surface area contributed by atoms with Gasteiger partial charge in [0.1, 0.15) is 11.9 Å². The molecule has 1 aliphatic heterocycles. The van der Waals surface area contributed by atoms with Gasteiger partial charge in [-0.3, -0.25) is 4.79 Å². The van der Waals surface area contributed by atoms with Crippen molar-refractivity contribution < 1.29 is 18.7 Å². The van der Waals surface area contributed by atoms with Crippen LogP contribution < -0.4 is 14.8 Å². The molecule has 1 amide bonds. The molecule has 2 aromatic carbocycles. The van der Waals surface area contributed by atoms with Gasteiger partial charge in [-0.15, -0.1) is 11.3 Å². The number of fused-ring (bicyclic) bond motifs is 1. The molecule has 3 unspecified atom stereocenters. The maximum absolute atomic E-state index is 13.3. The van der Waals surface area contributed by atoms with E-state index in [0.29, 0.717) is 11.5 Å². The minimum absolute atomic E-state index is 0.278. The summed E-state index contributed by atoms with van der Waals surface area (Å²) in [6.45, 7) is 1.80. The van der Waals surface area contributed by atoms with Gasteiger partial charge in [0, 0.05) is 4.88 Å². The third-order valence-corrected chi connectivity index (χ3v) is 5.36. The van der Waals surface area contributed by atoms with Gasteiger partial charge in [0.05, 0.1) is 6.04 Å². The van der Waals surface area contributed by atoms with E-state index in [4.69, 9.17) is 9.47 Å². The minimum atomic E-state index is -0.775. The van der Waals surface area contributed by atoms with Gasteiger partial charge in [-0.25, -0.2) is 4.39 Å². The predicted molar refractivity (Wildman–Crippen MR) is 102 cm³/mol. The fourth-order valence-corrected chi connectivity index (χ4v) is 3.86. The van der Waals surface area contributed by atoms with Crippen LogP contribution in [0.4, 0.5) is 4.39 Å². The summed E-state index contributed by atoms with van der Waals surface area (Å²) in [6, 6.07) is 16.9. The van der Waals surface area contributed by atoms with Gasteiger partial charge in [-0.05, 0) is 48.2 Å². The highest BCUT2D eigenvalue weighted by Gasteiger charge is 2.35. The van der Waals surface area contributed by atoms with Gasteiger partial charge in [0.25, 0.3) is 5.91 Å². The van der Waals surface area contributed by atoms with Crippen molar-refractivity contribution in [3.05, 3.63) is 82.3 Å². The Hall–Kier alpha value is -2.86. The van der Waals surface area contributed by atoms with E-state index in [9.17, 15) is 9.18 Å². The zero-order chi connectivity index (χ0) is 18.8. The number of thiophene rings is 1. The number of rotatable bonds is 4. The number of nitrogens with one attached hydrogen (secondary N) is 1. The Kier molecular flexibility index (Phi) is 4.81. The Labute approximate surface area is 160 Å². The van der Waals surface area contributed by atoms with E-state index in [1.807, 2.05) is 35.7 Å². The first kappa shape index (κ1) is 17.5. The SMILES string of the molecule is CC1Oc2ccccc2OC1C(=O)NC(c1ccc(F)cc1)c1cccs1. The molecule has 6 heteroatoms. The van der Waals surface area contributed by atoms with Crippen molar-refractivity contribution in [1.29, 1.82) is 0 Å². The Bertz CT molecular complexity index is 927. The summed E-state index contributed by atoms with van der Waals surface area (Å²) in [5.41, 5.74) is 0.803. The van der Waals surface area contributed by atoms with E-state index in [-0.39, 0.29) is 17.8 Å². The van der Waals surface area contributed by atoms with Crippen LogP contribution in [0.1, 0.15) is 23.4 Å². The van der Waals surface area contributed by atoms with Gasteiger partial charge < -0.3 is 14.8 Å². The predicted octanol–water partition coefficient (Wildman–Crippen LogP) is 4.32. The van der Waals surface area contributed by atoms with Crippen LogP contribution in [0.15, 0.2) is 66.0 Å². The van der Waals surface area contributed by atoms with E-state index in [2.05, 4.69) is 5.32 Å². The second kappa shape index (κ2) is 7.40. The molecule has 0 fully saturated rings. The fraction of sp³-hybridized carbons (Fsp3) is 0.190. The zero-order valence-electron chi connectivity index (χ0n) is 14.6. The molecule has 1 aromatic heterocycles. The van der Waals surface area contributed by atoms with Crippen LogP contribution >= 0.6 is 11.3 Å². The Morgan fingerprint density at radius 1 is 1.04 bits per heavy atom. The molecular weight excluding hydrogens is 365 g/mol. The molecule has 0 saturated heterocycles.